The van der Waals surface area contributed by atoms with Crippen LogP contribution in [0.15, 0.2) is 77.7 Å². The first-order chi connectivity index (χ1) is 15.0. The van der Waals surface area contributed by atoms with Gasteiger partial charge in [0.05, 0.1) is 4.90 Å². The monoisotopic (exact) mass is 437 g/mol. The molecule has 6 nitrogen and oxygen atoms in total. The number of hydrogen-bond donors (Lipinski definition) is 3. The molecule has 3 N–H and O–H groups in total. The number of fused-ring (bicyclic) bond motifs is 1. The van der Waals surface area contributed by atoms with E-state index in [0.29, 0.717) is 17.5 Å². The Morgan fingerprint density at radius 2 is 1.74 bits per heavy atom. The van der Waals surface area contributed by atoms with Gasteiger partial charge >= 0.3 is 0 Å². The van der Waals surface area contributed by atoms with Crippen LogP contribution in [-0.2, 0) is 14.8 Å². The zero-order chi connectivity index (χ0) is 21.7. The third-order valence-corrected chi connectivity index (χ3v) is 7.19. The van der Waals surface area contributed by atoms with E-state index < -0.39 is 16.1 Å². The molecule has 0 saturated carbocycles. The minimum atomic E-state index is -3.91. The second kappa shape index (κ2) is 9.60. The molecule has 4 rings (SSSR count). The molecule has 2 atom stereocenters. The highest BCUT2D eigenvalue weighted by Gasteiger charge is 2.30. The van der Waals surface area contributed by atoms with Gasteiger partial charge in [0.15, 0.2) is 0 Å². The van der Waals surface area contributed by atoms with Crippen LogP contribution >= 0.6 is 0 Å². The summed E-state index contributed by atoms with van der Waals surface area (Å²) in [6, 6.07) is 20.8. The Kier molecular flexibility index (Phi) is 6.65. The molecule has 1 saturated heterocycles. The molecule has 0 spiro atoms. The summed E-state index contributed by atoms with van der Waals surface area (Å²) in [6.07, 6.45) is 2.43. The van der Waals surface area contributed by atoms with Crippen LogP contribution in [0.2, 0.25) is 0 Å². The molecule has 3 aromatic rings. The SMILES string of the molecule is O=C(Nc1ccccc1)C(CC1CCCNC1)NS(=O)(=O)c1cccc2ccccc12. The van der Waals surface area contributed by atoms with Crippen LogP contribution in [0.1, 0.15) is 19.3 Å². The number of para-hydroxylation sites is 1. The molecule has 162 valence electrons. The van der Waals surface area contributed by atoms with Crippen LogP contribution in [0.25, 0.3) is 10.8 Å². The average Bonchev–Trinajstić information content (AvgIpc) is 2.79. The van der Waals surface area contributed by atoms with Crippen molar-refractivity contribution in [2.45, 2.75) is 30.2 Å². The van der Waals surface area contributed by atoms with Gasteiger partial charge in [-0.05, 0) is 61.9 Å². The molecule has 7 heteroatoms. The van der Waals surface area contributed by atoms with Gasteiger partial charge in [0.2, 0.25) is 15.9 Å². The van der Waals surface area contributed by atoms with E-state index in [1.54, 1.807) is 30.3 Å². The van der Waals surface area contributed by atoms with E-state index in [4.69, 9.17) is 0 Å². The van der Waals surface area contributed by atoms with Gasteiger partial charge in [-0.25, -0.2) is 8.42 Å². The maximum Gasteiger partial charge on any atom is 0.242 e. The Morgan fingerprint density at radius 3 is 2.52 bits per heavy atom. The standard InChI is InChI=1S/C24H27N3O3S/c28-24(26-20-11-2-1-3-12-20)22(16-18-8-7-15-25-17-18)27-31(29,30)23-14-6-10-19-9-4-5-13-21(19)23/h1-6,9-14,18,22,25,27H,7-8,15-17H2,(H,26,28). The lowest BCUT2D eigenvalue weighted by molar-refractivity contribution is -0.118. The van der Waals surface area contributed by atoms with E-state index in [1.165, 1.54) is 0 Å². The third-order valence-electron chi connectivity index (χ3n) is 5.66. The number of carbonyl (C=O) groups excluding carboxylic acids is 1. The highest BCUT2D eigenvalue weighted by Crippen LogP contribution is 2.24. The minimum Gasteiger partial charge on any atom is -0.325 e. The highest BCUT2D eigenvalue weighted by molar-refractivity contribution is 7.89. The van der Waals surface area contributed by atoms with Crippen LogP contribution < -0.4 is 15.4 Å². The number of piperidine rings is 1. The van der Waals surface area contributed by atoms with Crippen LogP contribution in [0.3, 0.4) is 0 Å². The summed E-state index contributed by atoms with van der Waals surface area (Å²) >= 11 is 0. The average molecular weight is 438 g/mol. The summed E-state index contributed by atoms with van der Waals surface area (Å²) in [5.41, 5.74) is 0.642. The molecule has 1 amide bonds. The van der Waals surface area contributed by atoms with Gasteiger partial charge in [-0.15, -0.1) is 0 Å². The Morgan fingerprint density at radius 1 is 1.00 bits per heavy atom. The molecule has 0 aliphatic carbocycles. The zero-order valence-electron chi connectivity index (χ0n) is 17.3. The molecule has 2 unspecified atom stereocenters. The van der Waals surface area contributed by atoms with E-state index in [0.717, 1.165) is 31.3 Å². The largest absolute Gasteiger partial charge is 0.325 e. The molecule has 31 heavy (non-hydrogen) atoms. The summed E-state index contributed by atoms with van der Waals surface area (Å²) in [5, 5.41) is 7.67. The molecule has 0 bridgehead atoms. The van der Waals surface area contributed by atoms with E-state index in [2.05, 4.69) is 15.4 Å². The molecule has 1 fully saturated rings. The van der Waals surface area contributed by atoms with Crippen molar-refractivity contribution in [1.29, 1.82) is 0 Å². The lowest BCUT2D eigenvalue weighted by Gasteiger charge is -2.27. The fourth-order valence-corrected chi connectivity index (χ4v) is 5.54. The molecule has 1 heterocycles. The van der Waals surface area contributed by atoms with Crippen molar-refractivity contribution >= 4 is 32.4 Å². The first-order valence-corrected chi connectivity index (χ1v) is 12.1. The molecular formula is C24H27N3O3S. The van der Waals surface area contributed by atoms with E-state index >= 15 is 0 Å². The quantitative estimate of drug-likeness (QED) is 0.528. The van der Waals surface area contributed by atoms with Gasteiger partial charge in [0, 0.05) is 11.1 Å². The zero-order valence-corrected chi connectivity index (χ0v) is 18.1. The summed E-state index contributed by atoms with van der Waals surface area (Å²) in [6.45, 7) is 1.74. The first-order valence-electron chi connectivity index (χ1n) is 10.6. The van der Waals surface area contributed by atoms with Crippen LogP contribution in [0.4, 0.5) is 5.69 Å². The molecular weight excluding hydrogens is 410 g/mol. The summed E-state index contributed by atoms with van der Waals surface area (Å²) in [5.74, 6) is -0.115. The topological polar surface area (TPSA) is 87.3 Å². The Labute approximate surface area is 183 Å². The second-order valence-corrected chi connectivity index (χ2v) is 9.64. The lowest BCUT2D eigenvalue weighted by Crippen LogP contribution is -2.46. The predicted molar refractivity (Wildman–Crippen MR) is 123 cm³/mol. The Bertz CT molecular complexity index is 1140. The number of benzene rings is 3. The second-order valence-electron chi connectivity index (χ2n) is 7.95. The summed E-state index contributed by atoms with van der Waals surface area (Å²) in [4.78, 5) is 13.3. The van der Waals surface area contributed by atoms with Crippen molar-refractivity contribution in [2.75, 3.05) is 18.4 Å². The number of sulfonamides is 1. The maximum absolute atomic E-state index is 13.3. The summed E-state index contributed by atoms with van der Waals surface area (Å²) in [7, 11) is -3.91. The third kappa shape index (κ3) is 5.31. The normalized spacial score (nSPS) is 17.9. The van der Waals surface area contributed by atoms with Crippen molar-refractivity contribution in [3.8, 4) is 0 Å². The molecule has 1 aliphatic rings. The number of rotatable bonds is 7. The van der Waals surface area contributed by atoms with Gasteiger partial charge in [-0.3, -0.25) is 4.79 Å². The van der Waals surface area contributed by atoms with E-state index in [-0.39, 0.29) is 16.7 Å². The smallest absolute Gasteiger partial charge is 0.242 e. The van der Waals surface area contributed by atoms with Crippen molar-refractivity contribution < 1.29 is 13.2 Å². The number of anilines is 1. The predicted octanol–water partition coefficient (Wildman–Crippen LogP) is 3.52. The highest BCUT2D eigenvalue weighted by atomic mass is 32.2. The van der Waals surface area contributed by atoms with Gasteiger partial charge in [0.1, 0.15) is 6.04 Å². The van der Waals surface area contributed by atoms with Crippen molar-refractivity contribution in [3.63, 3.8) is 0 Å². The number of nitrogens with one attached hydrogen (secondary N) is 3. The van der Waals surface area contributed by atoms with Gasteiger partial charge in [0.25, 0.3) is 0 Å². The fourth-order valence-electron chi connectivity index (χ4n) is 4.10. The first kappa shape index (κ1) is 21.5. The number of amides is 1. The van der Waals surface area contributed by atoms with Crippen molar-refractivity contribution in [3.05, 3.63) is 72.8 Å². The number of carbonyl (C=O) groups is 1. The Hall–Kier alpha value is -2.74. The van der Waals surface area contributed by atoms with Crippen LogP contribution in [0.5, 0.6) is 0 Å². The Balaban J connectivity index is 1.61. The van der Waals surface area contributed by atoms with Crippen LogP contribution in [0, 0.1) is 5.92 Å². The van der Waals surface area contributed by atoms with Gasteiger partial charge in [-0.2, -0.15) is 4.72 Å². The lowest BCUT2D eigenvalue weighted by atomic mass is 9.92. The molecule has 1 aliphatic heterocycles. The molecule has 0 radical (unpaired) electrons. The van der Waals surface area contributed by atoms with Crippen molar-refractivity contribution in [2.24, 2.45) is 5.92 Å². The van der Waals surface area contributed by atoms with Crippen molar-refractivity contribution in [1.82, 2.24) is 10.0 Å². The maximum atomic E-state index is 13.3. The van der Waals surface area contributed by atoms with Crippen LogP contribution in [-0.4, -0.2) is 33.5 Å². The minimum absolute atomic E-state index is 0.185. The fraction of sp³-hybridized carbons (Fsp3) is 0.292. The van der Waals surface area contributed by atoms with Gasteiger partial charge in [-0.1, -0.05) is 54.6 Å². The van der Waals surface area contributed by atoms with E-state index in [9.17, 15) is 13.2 Å². The molecule has 0 aromatic heterocycles. The summed E-state index contributed by atoms with van der Waals surface area (Å²) < 4.78 is 29.4. The van der Waals surface area contributed by atoms with Gasteiger partial charge < -0.3 is 10.6 Å². The van der Waals surface area contributed by atoms with E-state index in [1.807, 2.05) is 42.5 Å². The molecule has 3 aromatic carbocycles. The number of hydrogen-bond acceptors (Lipinski definition) is 4.